The van der Waals surface area contributed by atoms with Crippen LogP contribution in [0.1, 0.15) is 66.2 Å². The fourth-order valence-electron chi connectivity index (χ4n) is 4.96. The van der Waals surface area contributed by atoms with Crippen molar-refractivity contribution in [3.63, 3.8) is 0 Å². The zero-order chi connectivity index (χ0) is 21.8. The molecule has 3 heterocycles. The average Bonchev–Trinajstić information content (AvgIpc) is 3.08. The smallest absolute Gasteiger partial charge is 0.250 e. The average molecular weight is 441 g/mol. The highest BCUT2D eigenvalue weighted by Crippen LogP contribution is 2.57. The van der Waals surface area contributed by atoms with Crippen molar-refractivity contribution in [3.05, 3.63) is 17.0 Å². The van der Waals surface area contributed by atoms with Crippen LogP contribution in [0, 0.1) is 22.7 Å². The van der Waals surface area contributed by atoms with Crippen molar-refractivity contribution in [1.82, 2.24) is 9.62 Å². The molecule has 1 unspecified atom stereocenters. The molecule has 2 aliphatic heterocycles. The van der Waals surface area contributed by atoms with Crippen LogP contribution in [-0.4, -0.2) is 37.9 Å². The first-order chi connectivity index (χ1) is 13.3. The number of nitrogens with zero attached hydrogens (tertiary/aromatic N) is 1. The molecular weight excluding hydrogens is 404 g/mol. The van der Waals surface area contributed by atoms with Crippen molar-refractivity contribution in [2.45, 2.75) is 84.0 Å². The van der Waals surface area contributed by atoms with Gasteiger partial charge in [-0.15, -0.1) is 11.3 Å². The first-order valence-electron chi connectivity index (χ1n) is 10.7. The van der Waals surface area contributed by atoms with Gasteiger partial charge < -0.3 is 4.90 Å². The quantitative estimate of drug-likeness (QED) is 0.718. The Balaban J connectivity index is 1.82. The van der Waals surface area contributed by atoms with E-state index in [0.717, 1.165) is 24.3 Å². The van der Waals surface area contributed by atoms with E-state index in [9.17, 15) is 13.2 Å². The Hall–Kier alpha value is -0.920. The maximum absolute atomic E-state index is 13.6. The van der Waals surface area contributed by atoms with Crippen LogP contribution in [0.25, 0.3) is 0 Å². The van der Waals surface area contributed by atoms with Crippen molar-refractivity contribution in [2.75, 3.05) is 6.54 Å². The summed E-state index contributed by atoms with van der Waals surface area (Å²) in [5, 5.41) is 0. The number of piperidine rings is 2. The van der Waals surface area contributed by atoms with E-state index in [-0.39, 0.29) is 17.4 Å². The van der Waals surface area contributed by atoms with Gasteiger partial charge in [0, 0.05) is 17.5 Å². The minimum absolute atomic E-state index is 0.0934. The Morgan fingerprint density at radius 2 is 2.00 bits per heavy atom. The zero-order valence-electron chi connectivity index (χ0n) is 18.8. The predicted octanol–water partition coefficient (Wildman–Crippen LogP) is 4.29. The Kier molecular flexibility index (Phi) is 6.00. The van der Waals surface area contributed by atoms with E-state index < -0.39 is 21.5 Å². The molecular formula is C22H36N2O3S2. The van der Waals surface area contributed by atoms with E-state index in [1.807, 2.05) is 31.7 Å². The molecule has 3 fully saturated rings. The summed E-state index contributed by atoms with van der Waals surface area (Å²) in [5.74, 6) is 0.888. The maximum Gasteiger partial charge on any atom is 0.250 e. The first-order valence-corrected chi connectivity index (χ1v) is 13.0. The number of nitrogens with one attached hydrogen (secondary N) is 1. The van der Waals surface area contributed by atoms with E-state index >= 15 is 0 Å². The number of thiophene rings is 1. The fourth-order valence-corrected chi connectivity index (χ4v) is 7.83. The number of amides is 1. The Labute approximate surface area is 180 Å². The van der Waals surface area contributed by atoms with Crippen molar-refractivity contribution in [2.24, 2.45) is 22.7 Å². The Morgan fingerprint density at radius 1 is 1.34 bits per heavy atom. The van der Waals surface area contributed by atoms with Gasteiger partial charge in [0.25, 0.3) is 10.0 Å². The number of aryl methyl sites for hydroxylation is 1. The third kappa shape index (κ3) is 4.15. The lowest BCUT2D eigenvalue weighted by molar-refractivity contribution is -0.169. The lowest BCUT2D eigenvalue weighted by atomic mass is 9.50. The first kappa shape index (κ1) is 22.8. The SMILES string of the molecule is CCCc1ccc(S(=O)(=O)N[C@H](C(=O)N2CC3C[C@@H]([C@H]2C)C3(C)C)C(C)(C)C)s1. The van der Waals surface area contributed by atoms with Gasteiger partial charge in [0.05, 0.1) is 0 Å². The second-order valence-electron chi connectivity index (χ2n) is 10.5. The van der Waals surface area contributed by atoms with Crippen LogP contribution in [0.3, 0.4) is 0 Å². The molecule has 3 aliphatic rings. The summed E-state index contributed by atoms with van der Waals surface area (Å²) < 4.78 is 29.2. The van der Waals surface area contributed by atoms with E-state index in [2.05, 4.69) is 32.4 Å². The van der Waals surface area contributed by atoms with Gasteiger partial charge in [-0.1, -0.05) is 48.0 Å². The second kappa shape index (κ2) is 7.65. The van der Waals surface area contributed by atoms with Crippen LogP contribution in [0.15, 0.2) is 16.3 Å². The molecule has 5 nitrogen and oxygen atoms in total. The molecule has 0 radical (unpaired) electrons. The molecule has 7 heteroatoms. The standard InChI is InChI=1S/C22H36N2O3S2/c1-8-9-16-10-11-18(28-16)29(26,27)23-19(21(3,4)5)20(25)24-13-15-12-17(14(24)2)22(15,6)7/h10-11,14-15,17,19,23H,8-9,12-13H2,1-7H3/t14-,15?,17+,19-/m1/s1. The highest BCUT2D eigenvalue weighted by molar-refractivity contribution is 7.91. The van der Waals surface area contributed by atoms with Crippen LogP contribution in [0.2, 0.25) is 0 Å². The van der Waals surface area contributed by atoms with Gasteiger partial charge in [0.2, 0.25) is 5.91 Å². The van der Waals surface area contributed by atoms with Crippen molar-refractivity contribution in [3.8, 4) is 0 Å². The largest absolute Gasteiger partial charge is 0.338 e. The summed E-state index contributed by atoms with van der Waals surface area (Å²) in [6.45, 7) is 15.3. The minimum atomic E-state index is -3.75. The minimum Gasteiger partial charge on any atom is -0.338 e. The second-order valence-corrected chi connectivity index (χ2v) is 13.6. The van der Waals surface area contributed by atoms with Crippen LogP contribution in [0.4, 0.5) is 0 Å². The number of rotatable bonds is 6. The van der Waals surface area contributed by atoms with Gasteiger partial charge in [-0.2, -0.15) is 4.72 Å². The monoisotopic (exact) mass is 440 g/mol. The van der Waals surface area contributed by atoms with E-state index in [1.165, 1.54) is 17.8 Å². The molecule has 0 aromatic carbocycles. The Bertz CT molecular complexity index is 867. The molecule has 1 aliphatic carbocycles. The van der Waals surface area contributed by atoms with Crippen LogP contribution >= 0.6 is 11.3 Å². The van der Waals surface area contributed by atoms with Crippen molar-refractivity contribution in [1.29, 1.82) is 0 Å². The van der Waals surface area contributed by atoms with Crippen LogP contribution in [-0.2, 0) is 21.2 Å². The molecule has 1 amide bonds. The van der Waals surface area contributed by atoms with Gasteiger partial charge in [0.15, 0.2) is 0 Å². The summed E-state index contributed by atoms with van der Waals surface area (Å²) in [4.78, 5) is 16.5. The third-order valence-electron chi connectivity index (χ3n) is 7.10. The van der Waals surface area contributed by atoms with E-state index in [4.69, 9.17) is 0 Å². The number of carbonyl (C=O) groups is 1. The molecule has 2 bridgehead atoms. The van der Waals surface area contributed by atoms with Gasteiger partial charge in [-0.05, 0) is 54.6 Å². The van der Waals surface area contributed by atoms with Gasteiger partial charge in [-0.25, -0.2) is 8.42 Å². The summed E-state index contributed by atoms with van der Waals surface area (Å²) in [6, 6.07) is 2.88. The molecule has 4 atom stereocenters. The molecule has 4 rings (SSSR count). The van der Waals surface area contributed by atoms with Crippen molar-refractivity contribution >= 4 is 27.3 Å². The number of fused-ring (bicyclic) bond motifs is 2. The zero-order valence-corrected chi connectivity index (χ0v) is 20.4. The molecule has 1 saturated carbocycles. The molecule has 29 heavy (non-hydrogen) atoms. The molecule has 1 N–H and O–H groups in total. The fraction of sp³-hybridized carbons (Fsp3) is 0.773. The van der Waals surface area contributed by atoms with Gasteiger partial charge in [-0.3, -0.25) is 4.79 Å². The third-order valence-corrected chi connectivity index (χ3v) is 10.2. The number of hydrogen-bond acceptors (Lipinski definition) is 4. The Morgan fingerprint density at radius 3 is 2.52 bits per heavy atom. The van der Waals surface area contributed by atoms with Crippen LogP contribution < -0.4 is 4.72 Å². The highest BCUT2D eigenvalue weighted by atomic mass is 32.2. The summed E-state index contributed by atoms with van der Waals surface area (Å²) >= 11 is 1.30. The number of hydrogen-bond donors (Lipinski definition) is 1. The lowest BCUT2D eigenvalue weighted by Gasteiger charge is -2.63. The molecule has 164 valence electrons. The van der Waals surface area contributed by atoms with Crippen molar-refractivity contribution < 1.29 is 13.2 Å². The highest BCUT2D eigenvalue weighted by Gasteiger charge is 2.57. The lowest BCUT2D eigenvalue weighted by Crippen LogP contribution is -2.68. The van der Waals surface area contributed by atoms with Gasteiger partial charge in [0.1, 0.15) is 10.3 Å². The molecule has 0 spiro atoms. The predicted molar refractivity (Wildman–Crippen MR) is 118 cm³/mol. The molecule has 1 aromatic heterocycles. The normalized spacial score (nSPS) is 27.4. The van der Waals surface area contributed by atoms with Crippen LogP contribution in [0.5, 0.6) is 0 Å². The topological polar surface area (TPSA) is 66.5 Å². The number of sulfonamides is 1. The van der Waals surface area contributed by atoms with E-state index in [0.29, 0.717) is 16.0 Å². The summed E-state index contributed by atoms with van der Waals surface area (Å²) in [6.07, 6.45) is 3.01. The molecule has 2 saturated heterocycles. The summed E-state index contributed by atoms with van der Waals surface area (Å²) in [5.41, 5.74) is -0.260. The number of carbonyl (C=O) groups excluding carboxylic acids is 1. The molecule has 1 aromatic rings. The van der Waals surface area contributed by atoms with Gasteiger partial charge >= 0.3 is 0 Å². The van der Waals surface area contributed by atoms with E-state index in [1.54, 1.807) is 6.07 Å². The summed E-state index contributed by atoms with van der Waals surface area (Å²) in [7, 11) is -3.75. The maximum atomic E-state index is 13.6.